The van der Waals surface area contributed by atoms with Gasteiger partial charge < -0.3 is 15.2 Å². The van der Waals surface area contributed by atoms with Crippen LogP contribution in [-0.2, 0) is 9.47 Å². The molecule has 0 heterocycles. The molecular formula is C13H25NO2. The van der Waals surface area contributed by atoms with E-state index < -0.39 is 0 Å². The molecule has 94 valence electrons. The molecule has 0 saturated heterocycles. The fraction of sp³-hybridized carbons (Fsp3) is 1.00. The van der Waals surface area contributed by atoms with E-state index in [1.165, 1.54) is 25.7 Å². The van der Waals surface area contributed by atoms with Crippen molar-refractivity contribution in [3.63, 3.8) is 0 Å². The van der Waals surface area contributed by atoms with Crippen molar-refractivity contribution in [1.29, 1.82) is 0 Å². The molecule has 0 aromatic carbocycles. The van der Waals surface area contributed by atoms with E-state index in [9.17, 15) is 0 Å². The zero-order valence-electron chi connectivity index (χ0n) is 10.4. The highest BCUT2D eigenvalue weighted by molar-refractivity contribution is 4.95. The Kier molecular flexibility index (Phi) is 4.62. The molecule has 3 heteroatoms. The monoisotopic (exact) mass is 227 g/mol. The van der Waals surface area contributed by atoms with Crippen LogP contribution in [0.15, 0.2) is 0 Å². The smallest absolute Gasteiger partial charge is 0.0988 e. The lowest BCUT2D eigenvalue weighted by Gasteiger charge is -2.42. The van der Waals surface area contributed by atoms with E-state index >= 15 is 0 Å². The molecule has 3 unspecified atom stereocenters. The first kappa shape index (κ1) is 12.3. The van der Waals surface area contributed by atoms with Crippen molar-refractivity contribution < 1.29 is 9.47 Å². The lowest BCUT2D eigenvalue weighted by molar-refractivity contribution is -0.144. The highest BCUT2D eigenvalue weighted by atomic mass is 16.5. The maximum absolute atomic E-state index is 5.94. The van der Waals surface area contributed by atoms with Crippen molar-refractivity contribution in [2.75, 3.05) is 13.2 Å². The molecule has 2 rings (SSSR count). The van der Waals surface area contributed by atoms with Gasteiger partial charge >= 0.3 is 0 Å². The molecular weight excluding hydrogens is 202 g/mol. The summed E-state index contributed by atoms with van der Waals surface area (Å²) in [5, 5.41) is 0. The molecule has 3 nitrogen and oxygen atoms in total. The average molecular weight is 227 g/mol. The van der Waals surface area contributed by atoms with Gasteiger partial charge in [0.2, 0.25) is 0 Å². The minimum atomic E-state index is 0.154. The van der Waals surface area contributed by atoms with Crippen LogP contribution in [-0.4, -0.2) is 31.5 Å². The largest absolute Gasteiger partial charge is 0.375 e. The molecule has 16 heavy (non-hydrogen) atoms. The quantitative estimate of drug-likeness (QED) is 0.755. The Balaban J connectivity index is 1.64. The predicted octanol–water partition coefficient (Wildman–Crippen LogP) is 2.09. The molecule has 2 saturated carbocycles. The van der Waals surface area contributed by atoms with E-state index in [4.69, 9.17) is 15.2 Å². The number of ether oxygens (including phenoxy) is 2. The first-order valence-corrected chi connectivity index (χ1v) is 6.80. The summed E-state index contributed by atoms with van der Waals surface area (Å²) in [4.78, 5) is 0. The number of hydrogen-bond donors (Lipinski definition) is 1. The standard InChI is InChI=1S/C13H25NO2/c1-2-7-15-13-11(14)8-12(13)16-9-10-5-3-4-6-10/h10-13H,2-9,14H2,1H3. The van der Waals surface area contributed by atoms with Gasteiger partial charge in [-0.15, -0.1) is 0 Å². The van der Waals surface area contributed by atoms with Gasteiger partial charge in [-0.25, -0.2) is 0 Å². The first-order chi connectivity index (χ1) is 7.81. The minimum Gasteiger partial charge on any atom is -0.375 e. The van der Waals surface area contributed by atoms with Gasteiger partial charge in [-0.1, -0.05) is 19.8 Å². The highest BCUT2D eigenvalue weighted by Crippen LogP contribution is 2.29. The number of hydrogen-bond acceptors (Lipinski definition) is 3. The summed E-state index contributed by atoms with van der Waals surface area (Å²) in [6, 6.07) is 0.195. The molecule has 0 aromatic heterocycles. The normalized spacial score (nSPS) is 35.2. The number of rotatable bonds is 6. The summed E-state index contributed by atoms with van der Waals surface area (Å²) in [5.74, 6) is 0.795. The third-order valence-corrected chi connectivity index (χ3v) is 3.83. The SMILES string of the molecule is CCCOC1C(N)CC1OCC1CCCC1. The highest BCUT2D eigenvalue weighted by Gasteiger charge is 2.40. The maximum atomic E-state index is 5.94. The van der Waals surface area contributed by atoms with Gasteiger partial charge in [0, 0.05) is 19.3 Å². The van der Waals surface area contributed by atoms with Crippen LogP contribution in [0.25, 0.3) is 0 Å². The van der Waals surface area contributed by atoms with Crippen LogP contribution in [0.3, 0.4) is 0 Å². The molecule has 2 aliphatic carbocycles. The first-order valence-electron chi connectivity index (χ1n) is 6.80. The van der Waals surface area contributed by atoms with Gasteiger partial charge in [0.25, 0.3) is 0 Å². The Morgan fingerprint density at radius 3 is 2.56 bits per heavy atom. The number of nitrogens with two attached hydrogens (primary N) is 1. The van der Waals surface area contributed by atoms with Crippen LogP contribution >= 0.6 is 0 Å². The van der Waals surface area contributed by atoms with Crippen LogP contribution in [0.2, 0.25) is 0 Å². The van der Waals surface area contributed by atoms with Crippen LogP contribution in [0.5, 0.6) is 0 Å². The van der Waals surface area contributed by atoms with Gasteiger partial charge in [-0.3, -0.25) is 0 Å². The molecule has 2 fully saturated rings. The van der Waals surface area contributed by atoms with E-state index in [-0.39, 0.29) is 18.2 Å². The van der Waals surface area contributed by atoms with Crippen LogP contribution in [0.4, 0.5) is 0 Å². The lowest BCUT2D eigenvalue weighted by Crippen LogP contribution is -2.58. The van der Waals surface area contributed by atoms with Gasteiger partial charge in [-0.05, 0) is 31.6 Å². The lowest BCUT2D eigenvalue weighted by atomic mass is 9.86. The molecule has 0 bridgehead atoms. The van der Waals surface area contributed by atoms with Gasteiger partial charge in [0.05, 0.1) is 12.2 Å². The molecule has 0 aliphatic heterocycles. The molecule has 3 atom stereocenters. The Hall–Kier alpha value is -0.120. The fourth-order valence-electron chi connectivity index (χ4n) is 2.70. The van der Waals surface area contributed by atoms with Crippen molar-refractivity contribution in [2.45, 2.75) is 63.7 Å². The summed E-state index contributed by atoms with van der Waals surface area (Å²) in [6.07, 6.45) is 7.91. The Morgan fingerprint density at radius 2 is 1.94 bits per heavy atom. The third kappa shape index (κ3) is 2.96. The molecule has 0 amide bonds. The van der Waals surface area contributed by atoms with Gasteiger partial charge in [0.15, 0.2) is 0 Å². The Bertz CT molecular complexity index is 204. The zero-order valence-corrected chi connectivity index (χ0v) is 10.4. The van der Waals surface area contributed by atoms with E-state index in [1.54, 1.807) is 0 Å². The van der Waals surface area contributed by atoms with Crippen molar-refractivity contribution in [1.82, 2.24) is 0 Å². The molecule has 2 aliphatic rings. The molecule has 0 spiro atoms. The van der Waals surface area contributed by atoms with Crippen LogP contribution < -0.4 is 5.73 Å². The summed E-state index contributed by atoms with van der Waals surface area (Å²) in [6.45, 7) is 3.85. The van der Waals surface area contributed by atoms with E-state index in [0.717, 1.165) is 32.0 Å². The summed E-state index contributed by atoms with van der Waals surface area (Å²) < 4.78 is 11.7. The molecule has 2 N–H and O–H groups in total. The topological polar surface area (TPSA) is 44.5 Å². The van der Waals surface area contributed by atoms with Gasteiger partial charge in [0.1, 0.15) is 0 Å². The van der Waals surface area contributed by atoms with E-state index in [0.29, 0.717) is 0 Å². The fourth-order valence-corrected chi connectivity index (χ4v) is 2.70. The predicted molar refractivity (Wildman–Crippen MR) is 64.3 cm³/mol. The second kappa shape index (κ2) is 5.99. The second-order valence-corrected chi connectivity index (χ2v) is 5.26. The average Bonchev–Trinajstić information content (AvgIpc) is 2.77. The van der Waals surface area contributed by atoms with E-state index in [2.05, 4.69) is 6.92 Å². The molecule has 0 aromatic rings. The second-order valence-electron chi connectivity index (χ2n) is 5.26. The third-order valence-electron chi connectivity index (χ3n) is 3.83. The minimum absolute atomic E-state index is 0.154. The van der Waals surface area contributed by atoms with Crippen molar-refractivity contribution >= 4 is 0 Å². The van der Waals surface area contributed by atoms with Gasteiger partial charge in [-0.2, -0.15) is 0 Å². The Morgan fingerprint density at radius 1 is 1.19 bits per heavy atom. The van der Waals surface area contributed by atoms with Crippen molar-refractivity contribution in [3.8, 4) is 0 Å². The zero-order chi connectivity index (χ0) is 11.4. The van der Waals surface area contributed by atoms with Crippen LogP contribution in [0.1, 0.15) is 45.4 Å². The molecule has 0 radical (unpaired) electrons. The summed E-state index contributed by atoms with van der Waals surface area (Å²) in [7, 11) is 0. The van der Waals surface area contributed by atoms with Crippen LogP contribution in [0, 0.1) is 5.92 Å². The van der Waals surface area contributed by atoms with Crippen molar-refractivity contribution in [3.05, 3.63) is 0 Å². The maximum Gasteiger partial charge on any atom is 0.0988 e. The van der Waals surface area contributed by atoms with E-state index in [1.807, 2.05) is 0 Å². The van der Waals surface area contributed by atoms with Crippen molar-refractivity contribution in [2.24, 2.45) is 11.7 Å². The Labute approximate surface area is 98.7 Å². The summed E-state index contributed by atoms with van der Waals surface area (Å²) in [5.41, 5.74) is 5.93. The summed E-state index contributed by atoms with van der Waals surface area (Å²) >= 11 is 0.